The summed E-state index contributed by atoms with van der Waals surface area (Å²) in [5, 5.41) is 11.5. The summed E-state index contributed by atoms with van der Waals surface area (Å²) in [6.07, 6.45) is -5.17. The van der Waals surface area contributed by atoms with Crippen LogP contribution in [0.25, 0.3) is 0 Å². The van der Waals surface area contributed by atoms with Gasteiger partial charge in [0.05, 0.1) is 11.7 Å². The smallest absolute Gasteiger partial charge is 0.392 e. The highest BCUT2D eigenvalue weighted by molar-refractivity contribution is 5.76. The van der Waals surface area contributed by atoms with Gasteiger partial charge in [0.2, 0.25) is 5.91 Å². The SMILES string of the molecule is CC(O)CNC(=O)CC(C)c1ccccc1C(F)(F)F. The lowest BCUT2D eigenvalue weighted by atomic mass is 9.92. The third kappa shape index (κ3) is 4.85. The Balaban J connectivity index is 2.78. The molecule has 2 N–H and O–H groups in total. The first-order chi connectivity index (χ1) is 9.21. The number of aliphatic hydroxyl groups excluding tert-OH is 1. The Morgan fingerprint density at radius 2 is 1.90 bits per heavy atom. The van der Waals surface area contributed by atoms with E-state index in [0.717, 1.165) is 6.07 Å². The molecule has 0 radical (unpaired) electrons. The first-order valence-corrected chi connectivity index (χ1v) is 6.32. The van der Waals surface area contributed by atoms with E-state index in [1.54, 1.807) is 6.92 Å². The molecule has 0 heterocycles. The number of rotatable bonds is 5. The Labute approximate surface area is 115 Å². The highest BCUT2D eigenvalue weighted by Crippen LogP contribution is 2.35. The van der Waals surface area contributed by atoms with Crippen LogP contribution in [0.4, 0.5) is 13.2 Å². The Morgan fingerprint density at radius 3 is 2.45 bits per heavy atom. The van der Waals surface area contributed by atoms with E-state index in [0.29, 0.717) is 0 Å². The Hall–Kier alpha value is -1.56. The summed E-state index contributed by atoms with van der Waals surface area (Å²) in [5.74, 6) is -0.933. The van der Waals surface area contributed by atoms with E-state index in [4.69, 9.17) is 5.11 Å². The standard InChI is InChI=1S/C14H18F3NO2/c1-9(7-13(20)18-8-10(2)19)11-5-3-4-6-12(11)14(15,16)17/h3-6,9-10,19H,7-8H2,1-2H3,(H,18,20). The van der Waals surface area contributed by atoms with Gasteiger partial charge >= 0.3 is 6.18 Å². The molecule has 1 rings (SSSR count). The molecule has 0 saturated carbocycles. The van der Waals surface area contributed by atoms with Crippen molar-refractivity contribution in [3.63, 3.8) is 0 Å². The van der Waals surface area contributed by atoms with Crippen LogP contribution >= 0.6 is 0 Å². The topological polar surface area (TPSA) is 49.3 Å². The minimum absolute atomic E-state index is 0.0557. The van der Waals surface area contributed by atoms with E-state index < -0.39 is 23.8 Å². The van der Waals surface area contributed by atoms with E-state index in [1.165, 1.54) is 25.1 Å². The first kappa shape index (κ1) is 16.5. The van der Waals surface area contributed by atoms with Gasteiger partial charge < -0.3 is 10.4 Å². The summed E-state index contributed by atoms with van der Waals surface area (Å²) in [4.78, 5) is 11.6. The molecule has 0 aliphatic carbocycles. The Bertz CT molecular complexity index is 458. The monoisotopic (exact) mass is 289 g/mol. The summed E-state index contributed by atoms with van der Waals surface area (Å²) in [5.41, 5.74) is -0.608. The lowest BCUT2D eigenvalue weighted by molar-refractivity contribution is -0.138. The zero-order chi connectivity index (χ0) is 15.3. The van der Waals surface area contributed by atoms with Crippen molar-refractivity contribution in [3.05, 3.63) is 35.4 Å². The van der Waals surface area contributed by atoms with Crippen LogP contribution in [0.15, 0.2) is 24.3 Å². The molecule has 0 saturated heterocycles. The lowest BCUT2D eigenvalue weighted by Gasteiger charge is -2.18. The number of carbonyl (C=O) groups is 1. The minimum Gasteiger partial charge on any atom is -0.392 e. The maximum Gasteiger partial charge on any atom is 0.416 e. The van der Waals surface area contributed by atoms with Crippen LogP contribution < -0.4 is 5.32 Å². The molecule has 0 fully saturated rings. The van der Waals surface area contributed by atoms with Crippen LogP contribution in [-0.2, 0) is 11.0 Å². The fourth-order valence-corrected chi connectivity index (χ4v) is 1.91. The molecule has 0 aliphatic rings. The largest absolute Gasteiger partial charge is 0.416 e. The van der Waals surface area contributed by atoms with Gasteiger partial charge in [0.15, 0.2) is 0 Å². The van der Waals surface area contributed by atoms with E-state index in [1.807, 2.05) is 0 Å². The molecular weight excluding hydrogens is 271 g/mol. The summed E-state index contributed by atoms with van der Waals surface area (Å²) >= 11 is 0. The fraction of sp³-hybridized carbons (Fsp3) is 0.500. The molecule has 1 aromatic carbocycles. The minimum atomic E-state index is -4.43. The van der Waals surface area contributed by atoms with E-state index in [-0.39, 0.29) is 24.4 Å². The zero-order valence-corrected chi connectivity index (χ0v) is 11.4. The molecule has 2 unspecified atom stereocenters. The van der Waals surface area contributed by atoms with Gasteiger partial charge in [-0.2, -0.15) is 13.2 Å². The van der Waals surface area contributed by atoms with Crippen molar-refractivity contribution in [2.75, 3.05) is 6.54 Å². The van der Waals surface area contributed by atoms with E-state index in [9.17, 15) is 18.0 Å². The fourth-order valence-electron chi connectivity index (χ4n) is 1.91. The second-order valence-electron chi connectivity index (χ2n) is 4.84. The van der Waals surface area contributed by atoms with Gasteiger partial charge in [-0.15, -0.1) is 0 Å². The van der Waals surface area contributed by atoms with Crippen molar-refractivity contribution >= 4 is 5.91 Å². The summed E-state index contributed by atoms with van der Waals surface area (Å²) in [6, 6.07) is 5.25. The Morgan fingerprint density at radius 1 is 1.30 bits per heavy atom. The molecule has 1 amide bonds. The highest BCUT2D eigenvalue weighted by Gasteiger charge is 2.34. The van der Waals surface area contributed by atoms with Crippen molar-refractivity contribution < 1.29 is 23.1 Å². The molecule has 0 aromatic heterocycles. The van der Waals surface area contributed by atoms with Crippen LogP contribution in [0, 0.1) is 0 Å². The molecule has 112 valence electrons. The average Bonchev–Trinajstić information content (AvgIpc) is 2.35. The second-order valence-corrected chi connectivity index (χ2v) is 4.84. The molecule has 0 aliphatic heterocycles. The van der Waals surface area contributed by atoms with Crippen molar-refractivity contribution in [2.24, 2.45) is 0 Å². The lowest BCUT2D eigenvalue weighted by Crippen LogP contribution is -2.31. The third-order valence-electron chi connectivity index (χ3n) is 2.88. The molecule has 2 atom stereocenters. The summed E-state index contributed by atoms with van der Waals surface area (Å²) < 4.78 is 38.6. The summed E-state index contributed by atoms with van der Waals surface area (Å²) in [6.45, 7) is 3.18. The van der Waals surface area contributed by atoms with Gasteiger partial charge in [0, 0.05) is 13.0 Å². The molecule has 1 aromatic rings. The van der Waals surface area contributed by atoms with Crippen LogP contribution in [0.1, 0.15) is 37.3 Å². The van der Waals surface area contributed by atoms with Crippen LogP contribution in [0.2, 0.25) is 0 Å². The number of carbonyl (C=O) groups excluding carboxylic acids is 1. The van der Waals surface area contributed by atoms with Crippen molar-refractivity contribution in [3.8, 4) is 0 Å². The van der Waals surface area contributed by atoms with Gasteiger partial charge in [-0.3, -0.25) is 4.79 Å². The van der Waals surface area contributed by atoms with Crippen molar-refractivity contribution in [1.82, 2.24) is 5.32 Å². The number of hydrogen-bond donors (Lipinski definition) is 2. The van der Waals surface area contributed by atoms with Crippen LogP contribution in [0.3, 0.4) is 0 Å². The first-order valence-electron chi connectivity index (χ1n) is 6.32. The molecule has 6 heteroatoms. The molecule has 20 heavy (non-hydrogen) atoms. The van der Waals surface area contributed by atoms with Gasteiger partial charge in [-0.1, -0.05) is 25.1 Å². The normalized spacial score (nSPS) is 14.7. The van der Waals surface area contributed by atoms with Crippen molar-refractivity contribution in [2.45, 2.75) is 38.5 Å². The summed E-state index contributed by atoms with van der Waals surface area (Å²) in [7, 11) is 0. The maximum absolute atomic E-state index is 12.9. The van der Waals surface area contributed by atoms with E-state index >= 15 is 0 Å². The predicted octanol–water partition coefficient (Wildman–Crippen LogP) is 2.70. The van der Waals surface area contributed by atoms with Gasteiger partial charge in [0.1, 0.15) is 0 Å². The molecule has 0 spiro atoms. The highest BCUT2D eigenvalue weighted by atomic mass is 19.4. The Kier molecular flexibility index (Phi) is 5.56. The van der Waals surface area contributed by atoms with Crippen LogP contribution in [0.5, 0.6) is 0 Å². The predicted molar refractivity (Wildman–Crippen MR) is 69.2 cm³/mol. The third-order valence-corrected chi connectivity index (χ3v) is 2.88. The maximum atomic E-state index is 12.9. The molecule has 0 bridgehead atoms. The number of hydrogen-bond acceptors (Lipinski definition) is 2. The zero-order valence-electron chi connectivity index (χ0n) is 11.4. The number of nitrogens with one attached hydrogen (secondary N) is 1. The molecule has 3 nitrogen and oxygen atoms in total. The van der Waals surface area contributed by atoms with E-state index in [2.05, 4.69) is 5.32 Å². The average molecular weight is 289 g/mol. The quantitative estimate of drug-likeness (QED) is 0.875. The number of aliphatic hydroxyl groups is 1. The van der Waals surface area contributed by atoms with Gasteiger partial charge in [-0.05, 0) is 24.5 Å². The van der Waals surface area contributed by atoms with Crippen molar-refractivity contribution in [1.29, 1.82) is 0 Å². The molecular formula is C14H18F3NO2. The number of amides is 1. The number of benzene rings is 1. The van der Waals surface area contributed by atoms with Crippen LogP contribution in [-0.4, -0.2) is 23.7 Å². The van der Waals surface area contributed by atoms with Gasteiger partial charge in [0.25, 0.3) is 0 Å². The van der Waals surface area contributed by atoms with Gasteiger partial charge in [-0.25, -0.2) is 0 Å². The second kappa shape index (κ2) is 6.74. The number of halogens is 3. The number of alkyl halides is 3.